The van der Waals surface area contributed by atoms with Crippen LogP contribution in [0, 0.1) is 6.92 Å². The smallest absolute Gasteiger partial charge is 0.159 e. The lowest BCUT2D eigenvalue weighted by Crippen LogP contribution is -2.18. The lowest BCUT2D eigenvalue weighted by atomic mass is 9.98. The highest BCUT2D eigenvalue weighted by Gasteiger charge is 2.19. The van der Waals surface area contributed by atoms with E-state index in [1.807, 2.05) is 0 Å². The zero-order valence-electron chi connectivity index (χ0n) is 19.4. The molecule has 1 aromatic heterocycles. The van der Waals surface area contributed by atoms with Crippen molar-refractivity contribution in [1.82, 2.24) is 9.97 Å². The molecule has 1 unspecified atom stereocenters. The molecule has 1 aliphatic heterocycles. The first-order valence-electron chi connectivity index (χ1n) is 11.8. The van der Waals surface area contributed by atoms with Gasteiger partial charge in [0.15, 0.2) is 5.82 Å². The number of hydrogen-bond donors (Lipinski definition) is 1. The van der Waals surface area contributed by atoms with Gasteiger partial charge in [-0.15, -0.1) is 0 Å². The molecule has 4 nitrogen and oxygen atoms in total. The summed E-state index contributed by atoms with van der Waals surface area (Å²) in [5, 5.41) is 3.58. The van der Waals surface area contributed by atoms with E-state index >= 15 is 0 Å². The van der Waals surface area contributed by atoms with Gasteiger partial charge in [0.05, 0.1) is 5.69 Å². The Kier molecular flexibility index (Phi) is 5.06. The number of aromatic nitrogens is 2. The summed E-state index contributed by atoms with van der Waals surface area (Å²) in [6.07, 6.45) is 6.27. The molecule has 34 heavy (non-hydrogen) atoms. The van der Waals surface area contributed by atoms with Crippen molar-refractivity contribution in [3.63, 3.8) is 0 Å². The van der Waals surface area contributed by atoms with Gasteiger partial charge in [-0.05, 0) is 61.6 Å². The first-order chi connectivity index (χ1) is 16.7. The lowest BCUT2D eigenvalue weighted by molar-refractivity contribution is 0.827. The van der Waals surface area contributed by atoms with Gasteiger partial charge in [0.25, 0.3) is 0 Å². The van der Waals surface area contributed by atoms with Crippen LogP contribution in [0.3, 0.4) is 0 Å². The van der Waals surface area contributed by atoms with Crippen molar-refractivity contribution in [2.45, 2.75) is 32.9 Å². The molecule has 2 heterocycles. The van der Waals surface area contributed by atoms with Gasteiger partial charge in [-0.1, -0.05) is 66.7 Å². The summed E-state index contributed by atoms with van der Waals surface area (Å²) >= 11 is 0. The van der Waals surface area contributed by atoms with Crippen molar-refractivity contribution >= 4 is 17.5 Å². The van der Waals surface area contributed by atoms with Crippen molar-refractivity contribution in [2.75, 3.05) is 5.32 Å². The number of aliphatic imine (C=N–C) groups is 1. The monoisotopic (exact) mass is 442 g/mol. The van der Waals surface area contributed by atoms with Crippen LogP contribution in [0.2, 0.25) is 0 Å². The molecule has 0 spiro atoms. The number of anilines is 1. The fourth-order valence-corrected chi connectivity index (χ4v) is 4.85. The number of para-hydroxylation sites is 1. The first kappa shape index (κ1) is 20.5. The Morgan fingerprint density at radius 3 is 2.53 bits per heavy atom. The van der Waals surface area contributed by atoms with E-state index in [4.69, 9.17) is 15.0 Å². The van der Waals surface area contributed by atoms with Crippen molar-refractivity contribution in [3.8, 4) is 22.5 Å². The summed E-state index contributed by atoms with van der Waals surface area (Å²) in [4.78, 5) is 14.7. The van der Waals surface area contributed by atoms with Crippen molar-refractivity contribution in [1.29, 1.82) is 0 Å². The summed E-state index contributed by atoms with van der Waals surface area (Å²) in [6, 6.07) is 25.5. The second kappa shape index (κ2) is 8.38. The van der Waals surface area contributed by atoms with Crippen LogP contribution in [0.1, 0.15) is 47.6 Å². The fourth-order valence-electron chi connectivity index (χ4n) is 4.85. The first-order valence-corrected chi connectivity index (χ1v) is 11.8. The Hall–Kier alpha value is -4.05. The molecule has 0 saturated carbocycles. The molecule has 1 N–H and O–H groups in total. The number of allylic oxidation sites excluding steroid dienone is 1. The standard InChI is InChI=1S/C30H26N4/c1-19-25-13-3-5-15-27(25)33-29(31-19)23-11-7-9-21(17-23)22-10-8-12-24(18-22)30-32-20(2)26-14-4-6-16-28(26)34-30/h3-5,7-15,17-18,29,33H,6,16H2,1-2H3. The molecule has 1 aliphatic carbocycles. The predicted octanol–water partition coefficient (Wildman–Crippen LogP) is 7.01. The van der Waals surface area contributed by atoms with E-state index in [0.717, 1.165) is 63.7 Å². The van der Waals surface area contributed by atoms with Crippen LogP contribution in [-0.4, -0.2) is 15.7 Å². The van der Waals surface area contributed by atoms with E-state index in [1.165, 1.54) is 11.1 Å². The van der Waals surface area contributed by atoms with Crippen LogP contribution < -0.4 is 5.32 Å². The van der Waals surface area contributed by atoms with E-state index in [0.29, 0.717) is 0 Å². The van der Waals surface area contributed by atoms with Crippen LogP contribution in [-0.2, 0) is 6.42 Å². The second-order valence-electron chi connectivity index (χ2n) is 8.95. The third-order valence-electron chi connectivity index (χ3n) is 6.64. The van der Waals surface area contributed by atoms with Gasteiger partial charge in [-0.2, -0.15) is 0 Å². The van der Waals surface area contributed by atoms with Crippen LogP contribution >= 0.6 is 0 Å². The summed E-state index contributed by atoms with van der Waals surface area (Å²) in [7, 11) is 0. The predicted molar refractivity (Wildman–Crippen MR) is 140 cm³/mol. The summed E-state index contributed by atoms with van der Waals surface area (Å²) in [5.74, 6) is 0.801. The average molecular weight is 443 g/mol. The fraction of sp³-hybridized carbons (Fsp3) is 0.167. The van der Waals surface area contributed by atoms with Gasteiger partial charge >= 0.3 is 0 Å². The lowest BCUT2D eigenvalue weighted by Gasteiger charge is -2.25. The van der Waals surface area contributed by atoms with Gasteiger partial charge in [0.2, 0.25) is 0 Å². The minimum atomic E-state index is -0.0993. The molecule has 0 saturated heterocycles. The maximum absolute atomic E-state index is 4.92. The number of aryl methyl sites for hydroxylation is 2. The van der Waals surface area contributed by atoms with Crippen molar-refractivity contribution < 1.29 is 0 Å². The van der Waals surface area contributed by atoms with E-state index in [2.05, 4.69) is 104 Å². The molecule has 4 aromatic rings. The molecule has 2 aliphatic rings. The zero-order chi connectivity index (χ0) is 23.1. The normalized spacial score (nSPS) is 16.3. The Bertz CT molecular complexity index is 1460. The third-order valence-corrected chi connectivity index (χ3v) is 6.64. The molecule has 0 radical (unpaired) electrons. The average Bonchev–Trinajstić information content (AvgIpc) is 2.89. The Morgan fingerprint density at radius 1 is 0.824 bits per heavy atom. The number of benzene rings is 3. The maximum atomic E-state index is 4.92. The van der Waals surface area contributed by atoms with Gasteiger partial charge < -0.3 is 5.32 Å². The highest BCUT2D eigenvalue weighted by molar-refractivity contribution is 6.04. The zero-order valence-corrected chi connectivity index (χ0v) is 19.4. The van der Waals surface area contributed by atoms with E-state index < -0.39 is 0 Å². The van der Waals surface area contributed by atoms with Crippen LogP contribution in [0.5, 0.6) is 0 Å². The van der Waals surface area contributed by atoms with Gasteiger partial charge in [-0.25, -0.2) is 9.97 Å². The highest BCUT2D eigenvalue weighted by atomic mass is 15.1. The number of nitrogens with one attached hydrogen (secondary N) is 1. The number of fused-ring (bicyclic) bond motifs is 2. The molecule has 4 heteroatoms. The molecule has 3 aromatic carbocycles. The Labute approximate surface area is 200 Å². The molecule has 0 amide bonds. The van der Waals surface area contributed by atoms with Crippen LogP contribution in [0.15, 0.2) is 83.9 Å². The van der Waals surface area contributed by atoms with Crippen molar-refractivity contribution in [3.05, 3.63) is 107 Å². The van der Waals surface area contributed by atoms with Gasteiger partial charge in [0, 0.05) is 33.8 Å². The molecule has 166 valence electrons. The molecule has 0 bridgehead atoms. The molecular formula is C30H26N4. The summed E-state index contributed by atoms with van der Waals surface area (Å²) in [6.45, 7) is 4.15. The van der Waals surface area contributed by atoms with Crippen LogP contribution in [0.4, 0.5) is 5.69 Å². The second-order valence-corrected chi connectivity index (χ2v) is 8.95. The number of rotatable bonds is 3. The van der Waals surface area contributed by atoms with E-state index in [1.54, 1.807) is 0 Å². The molecule has 1 atom stereocenters. The molecule has 6 rings (SSSR count). The summed E-state index contributed by atoms with van der Waals surface area (Å²) in [5.41, 5.74) is 11.2. The molecular weight excluding hydrogens is 416 g/mol. The maximum Gasteiger partial charge on any atom is 0.159 e. The van der Waals surface area contributed by atoms with Gasteiger partial charge in [0.1, 0.15) is 6.17 Å². The minimum absolute atomic E-state index is 0.0993. The molecule has 0 fully saturated rings. The SMILES string of the molecule is CC1=NC(c2cccc(-c3cccc(-c4nc(C)c5c(n4)CCC=C5)c3)c2)Nc2ccccc21. The highest BCUT2D eigenvalue weighted by Crippen LogP contribution is 2.33. The van der Waals surface area contributed by atoms with Crippen molar-refractivity contribution in [2.24, 2.45) is 4.99 Å². The quantitative estimate of drug-likeness (QED) is 0.371. The minimum Gasteiger partial charge on any atom is -0.360 e. The van der Waals surface area contributed by atoms with E-state index in [-0.39, 0.29) is 6.17 Å². The van der Waals surface area contributed by atoms with Crippen LogP contribution in [0.25, 0.3) is 28.6 Å². The number of nitrogens with zero attached hydrogens (tertiary/aromatic N) is 3. The summed E-state index contributed by atoms with van der Waals surface area (Å²) < 4.78 is 0. The number of hydrogen-bond acceptors (Lipinski definition) is 4. The Balaban J connectivity index is 1.34. The van der Waals surface area contributed by atoms with Gasteiger partial charge in [-0.3, -0.25) is 4.99 Å². The van der Waals surface area contributed by atoms with E-state index in [9.17, 15) is 0 Å². The largest absolute Gasteiger partial charge is 0.360 e. The topological polar surface area (TPSA) is 50.2 Å². The third kappa shape index (κ3) is 3.71. The Morgan fingerprint density at radius 2 is 1.62 bits per heavy atom.